The number of alkyl halides is 2. The third-order valence-electron chi connectivity index (χ3n) is 3.55. The van der Waals surface area contributed by atoms with Crippen LogP contribution in [-0.4, -0.2) is 35.8 Å². The number of benzene rings is 1. The van der Waals surface area contributed by atoms with E-state index in [9.17, 15) is 13.6 Å². The van der Waals surface area contributed by atoms with Crippen molar-refractivity contribution in [3.8, 4) is 0 Å². The van der Waals surface area contributed by atoms with Crippen LogP contribution in [0.15, 0.2) is 29.2 Å². The van der Waals surface area contributed by atoms with Crippen LogP contribution in [0.3, 0.4) is 0 Å². The Hall–Kier alpha value is -1.34. The number of hydrogen-bond donors (Lipinski definition) is 2. The number of carbonyl (C=O) groups is 1. The number of primary amides is 1. The minimum Gasteiger partial charge on any atom is -0.351 e. The Morgan fingerprint density at radius 3 is 2.48 bits per heavy atom. The molecule has 0 bridgehead atoms. The summed E-state index contributed by atoms with van der Waals surface area (Å²) in [4.78, 5) is 13.2. The number of nitrogens with two attached hydrogens (primary N) is 1. The Morgan fingerprint density at radius 2 is 1.95 bits per heavy atom. The number of hydrogen-bond acceptors (Lipinski definition) is 3. The van der Waals surface area contributed by atoms with Gasteiger partial charge in [0.25, 0.3) is 5.76 Å². The molecule has 1 aliphatic rings. The average molecular weight is 315 g/mol. The van der Waals surface area contributed by atoms with Crippen molar-refractivity contribution in [3.63, 3.8) is 0 Å². The number of thioether (sulfide) groups is 1. The molecule has 2 amide bonds. The van der Waals surface area contributed by atoms with E-state index in [0.29, 0.717) is 42.3 Å². The first kappa shape index (κ1) is 16.0. The van der Waals surface area contributed by atoms with Gasteiger partial charge in [-0.05, 0) is 30.5 Å². The van der Waals surface area contributed by atoms with Gasteiger partial charge in [-0.25, -0.2) is 4.79 Å². The molecule has 0 atom stereocenters. The zero-order chi connectivity index (χ0) is 15.2. The van der Waals surface area contributed by atoms with Gasteiger partial charge in [-0.3, -0.25) is 0 Å². The predicted molar refractivity (Wildman–Crippen MR) is 79.3 cm³/mol. The van der Waals surface area contributed by atoms with E-state index in [4.69, 9.17) is 5.73 Å². The number of nitrogens with zero attached hydrogens (tertiary/aromatic N) is 1. The molecule has 116 valence electrons. The molecule has 2 rings (SSSR count). The minimum atomic E-state index is -2.38. The number of halogens is 2. The van der Waals surface area contributed by atoms with Crippen LogP contribution < -0.4 is 11.1 Å². The Labute approximate surface area is 127 Å². The smallest absolute Gasteiger partial charge is 0.314 e. The zero-order valence-corrected chi connectivity index (χ0v) is 12.4. The third-order valence-corrected chi connectivity index (χ3v) is 4.27. The Balaban J connectivity index is 1.75. The zero-order valence-electron chi connectivity index (χ0n) is 11.6. The van der Waals surface area contributed by atoms with Gasteiger partial charge >= 0.3 is 6.03 Å². The lowest BCUT2D eigenvalue weighted by Gasteiger charge is -2.31. The average Bonchev–Trinajstić information content (AvgIpc) is 2.46. The minimum absolute atomic E-state index is 0.357. The maximum atomic E-state index is 12.2. The fourth-order valence-electron chi connectivity index (χ4n) is 2.35. The van der Waals surface area contributed by atoms with Crippen molar-refractivity contribution in [3.05, 3.63) is 29.8 Å². The van der Waals surface area contributed by atoms with E-state index in [-0.39, 0.29) is 6.03 Å². The molecule has 0 unspecified atom stereocenters. The van der Waals surface area contributed by atoms with Crippen LogP contribution in [0, 0.1) is 0 Å². The summed E-state index contributed by atoms with van der Waals surface area (Å²) in [5.74, 6) is -2.38. The van der Waals surface area contributed by atoms with Crippen LogP contribution in [0.1, 0.15) is 18.4 Å². The summed E-state index contributed by atoms with van der Waals surface area (Å²) in [5, 5.41) is 3.42. The normalized spacial score (nSPS) is 16.4. The van der Waals surface area contributed by atoms with E-state index in [1.165, 1.54) is 0 Å². The predicted octanol–water partition coefficient (Wildman–Crippen LogP) is 2.63. The van der Waals surface area contributed by atoms with E-state index in [2.05, 4.69) is 5.32 Å². The second-order valence-corrected chi connectivity index (χ2v) is 6.07. The van der Waals surface area contributed by atoms with Gasteiger partial charge in [0.1, 0.15) is 0 Å². The van der Waals surface area contributed by atoms with Crippen molar-refractivity contribution in [1.29, 1.82) is 0 Å². The molecule has 0 saturated carbocycles. The van der Waals surface area contributed by atoms with Crippen molar-refractivity contribution in [1.82, 2.24) is 10.2 Å². The van der Waals surface area contributed by atoms with Crippen LogP contribution in [-0.2, 0) is 6.54 Å². The lowest BCUT2D eigenvalue weighted by atomic mass is 10.0. The summed E-state index contributed by atoms with van der Waals surface area (Å²) >= 11 is 0.553. The van der Waals surface area contributed by atoms with E-state index in [0.717, 1.165) is 18.4 Å². The molecule has 3 N–H and O–H groups in total. The first-order valence-corrected chi connectivity index (χ1v) is 7.74. The van der Waals surface area contributed by atoms with Gasteiger partial charge in [-0.15, -0.1) is 0 Å². The third kappa shape index (κ3) is 5.17. The maximum Gasteiger partial charge on any atom is 0.314 e. The Kier molecular flexibility index (Phi) is 5.81. The summed E-state index contributed by atoms with van der Waals surface area (Å²) in [6.07, 6.45) is 1.75. The Bertz CT molecular complexity index is 462. The number of carbonyl (C=O) groups excluding carboxylic acids is 1. The van der Waals surface area contributed by atoms with E-state index in [1.807, 2.05) is 12.1 Å². The highest BCUT2D eigenvalue weighted by Gasteiger charge is 2.20. The molecule has 1 aromatic rings. The summed E-state index contributed by atoms with van der Waals surface area (Å²) in [7, 11) is 0. The van der Waals surface area contributed by atoms with Crippen LogP contribution in [0.4, 0.5) is 13.6 Å². The summed E-state index contributed by atoms with van der Waals surface area (Å²) < 4.78 is 24.4. The van der Waals surface area contributed by atoms with Crippen LogP contribution >= 0.6 is 11.8 Å². The molecule has 1 heterocycles. The molecule has 7 heteroatoms. The van der Waals surface area contributed by atoms with Gasteiger partial charge in [0.2, 0.25) is 0 Å². The molecular weight excluding hydrogens is 296 g/mol. The summed E-state index contributed by atoms with van der Waals surface area (Å²) in [5.41, 5.74) is 6.30. The first-order valence-electron chi connectivity index (χ1n) is 6.86. The molecule has 0 aromatic heterocycles. The van der Waals surface area contributed by atoms with Gasteiger partial charge < -0.3 is 16.0 Å². The molecule has 0 spiro atoms. The quantitative estimate of drug-likeness (QED) is 0.821. The highest BCUT2D eigenvalue weighted by atomic mass is 32.2. The lowest BCUT2D eigenvalue weighted by molar-refractivity contribution is 0.185. The number of urea groups is 1. The fourth-order valence-corrected chi connectivity index (χ4v) is 2.85. The number of nitrogens with one attached hydrogen (secondary N) is 1. The molecule has 0 aliphatic carbocycles. The van der Waals surface area contributed by atoms with Crippen molar-refractivity contribution >= 4 is 17.8 Å². The number of piperidine rings is 1. The summed E-state index contributed by atoms with van der Waals surface area (Å²) in [6.45, 7) is 2.05. The van der Waals surface area contributed by atoms with Crippen molar-refractivity contribution < 1.29 is 13.6 Å². The van der Waals surface area contributed by atoms with Gasteiger partial charge in [-0.1, -0.05) is 23.9 Å². The van der Waals surface area contributed by atoms with Gasteiger partial charge in [0, 0.05) is 30.6 Å². The van der Waals surface area contributed by atoms with Gasteiger partial charge in [0.05, 0.1) is 0 Å². The topological polar surface area (TPSA) is 58.4 Å². The highest BCUT2D eigenvalue weighted by molar-refractivity contribution is 7.99. The standard InChI is InChI=1S/C14H19F2N3OS/c15-13(16)21-12-3-1-10(2-4-12)9-18-11-5-7-19(8-6-11)14(17)20/h1-4,11,13,18H,5-9H2,(H2,17,20). The monoisotopic (exact) mass is 315 g/mol. The molecule has 1 aromatic carbocycles. The molecule has 1 fully saturated rings. The molecular formula is C14H19F2N3OS. The van der Waals surface area contributed by atoms with Crippen LogP contribution in [0.25, 0.3) is 0 Å². The SMILES string of the molecule is NC(=O)N1CCC(NCc2ccc(SC(F)F)cc2)CC1. The van der Waals surface area contributed by atoms with E-state index >= 15 is 0 Å². The second kappa shape index (κ2) is 7.61. The number of amides is 2. The first-order chi connectivity index (χ1) is 10.0. The molecule has 1 saturated heterocycles. The Morgan fingerprint density at radius 1 is 1.33 bits per heavy atom. The van der Waals surface area contributed by atoms with Crippen LogP contribution in [0.5, 0.6) is 0 Å². The van der Waals surface area contributed by atoms with Crippen molar-refractivity contribution in [2.75, 3.05) is 13.1 Å². The molecule has 1 aliphatic heterocycles. The lowest BCUT2D eigenvalue weighted by Crippen LogP contribution is -2.46. The van der Waals surface area contributed by atoms with E-state index < -0.39 is 5.76 Å². The maximum absolute atomic E-state index is 12.2. The molecule has 21 heavy (non-hydrogen) atoms. The number of rotatable bonds is 5. The second-order valence-electron chi connectivity index (χ2n) is 5.00. The van der Waals surface area contributed by atoms with Crippen molar-refractivity contribution in [2.45, 2.75) is 36.1 Å². The van der Waals surface area contributed by atoms with E-state index in [1.54, 1.807) is 17.0 Å². The van der Waals surface area contributed by atoms with Gasteiger partial charge in [0.15, 0.2) is 0 Å². The van der Waals surface area contributed by atoms with Crippen LogP contribution in [0.2, 0.25) is 0 Å². The molecule has 4 nitrogen and oxygen atoms in total. The van der Waals surface area contributed by atoms with Gasteiger partial charge in [-0.2, -0.15) is 8.78 Å². The largest absolute Gasteiger partial charge is 0.351 e. The molecule has 0 radical (unpaired) electrons. The summed E-state index contributed by atoms with van der Waals surface area (Å²) in [6, 6.07) is 7.14. The number of likely N-dealkylation sites (tertiary alicyclic amines) is 1. The highest BCUT2D eigenvalue weighted by Crippen LogP contribution is 2.25. The fraction of sp³-hybridized carbons (Fsp3) is 0.500. The van der Waals surface area contributed by atoms with Crippen molar-refractivity contribution in [2.24, 2.45) is 5.73 Å².